The van der Waals surface area contributed by atoms with Gasteiger partial charge in [-0.25, -0.2) is 4.98 Å². The Hall–Kier alpha value is -3.62. The molecule has 0 radical (unpaired) electrons. The molecule has 2 heterocycles. The Labute approximate surface area is 201 Å². The van der Waals surface area contributed by atoms with Crippen LogP contribution in [0.1, 0.15) is 21.6 Å². The Kier molecular flexibility index (Phi) is 6.48. The van der Waals surface area contributed by atoms with E-state index in [2.05, 4.69) is 36.9 Å². The van der Waals surface area contributed by atoms with Gasteiger partial charge in [0.15, 0.2) is 11.6 Å². The summed E-state index contributed by atoms with van der Waals surface area (Å²) in [5, 5.41) is 13.7. The normalized spacial score (nSPS) is 10.7. The van der Waals surface area contributed by atoms with Gasteiger partial charge in [-0.1, -0.05) is 29.8 Å². The number of hydrogen-bond donors (Lipinski definition) is 3. The van der Waals surface area contributed by atoms with Crippen molar-refractivity contribution in [3.8, 4) is 11.1 Å². The van der Waals surface area contributed by atoms with Crippen molar-refractivity contribution in [2.75, 3.05) is 17.7 Å². The molecule has 3 N–H and O–H groups in total. The summed E-state index contributed by atoms with van der Waals surface area (Å²) in [6.07, 6.45) is 1.53. The van der Waals surface area contributed by atoms with Gasteiger partial charge in [0.1, 0.15) is 5.02 Å². The van der Waals surface area contributed by atoms with Gasteiger partial charge in [-0.3, -0.25) is 14.3 Å². The summed E-state index contributed by atoms with van der Waals surface area (Å²) in [7, 11) is 1.51. The van der Waals surface area contributed by atoms with Crippen molar-refractivity contribution in [1.82, 2.24) is 24.6 Å². The van der Waals surface area contributed by atoms with E-state index in [1.165, 1.54) is 13.2 Å². The maximum Gasteiger partial charge on any atom is 0.267 e. The second kappa shape index (κ2) is 9.48. The average Bonchev–Trinajstić information content (AvgIpc) is 3.21. The van der Waals surface area contributed by atoms with Crippen LogP contribution in [-0.4, -0.2) is 37.5 Å². The lowest BCUT2D eigenvalue weighted by molar-refractivity contribution is 0.0885. The highest BCUT2D eigenvalue weighted by molar-refractivity contribution is 6.32. The van der Waals surface area contributed by atoms with Crippen molar-refractivity contribution in [3.05, 3.63) is 76.6 Å². The predicted molar refractivity (Wildman–Crippen MR) is 131 cm³/mol. The number of nitrogens with zero attached hydrogens (tertiary/aromatic N) is 4. The molecule has 0 bridgehead atoms. The third-order valence-electron chi connectivity index (χ3n) is 4.91. The fourth-order valence-corrected chi connectivity index (χ4v) is 3.44. The van der Waals surface area contributed by atoms with E-state index >= 15 is 0 Å². The van der Waals surface area contributed by atoms with Crippen molar-refractivity contribution in [3.63, 3.8) is 0 Å². The monoisotopic (exact) mass is 481 g/mol. The number of rotatable bonds is 6. The van der Waals surface area contributed by atoms with E-state index in [4.69, 9.17) is 23.4 Å². The molecular formula is C23H21Cl2N7O. The number of hydrogen-bond acceptors (Lipinski definition) is 6. The summed E-state index contributed by atoms with van der Waals surface area (Å²) >= 11 is 12.0. The highest BCUT2D eigenvalue weighted by Crippen LogP contribution is 2.28. The lowest BCUT2D eigenvalue weighted by Gasteiger charge is -2.12. The number of nitrogens with one attached hydrogen (secondary N) is 3. The molecule has 4 aromatic rings. The van der Waals surface area contributed by atoms with Crippen LogP contribution in [-0.2, 0) is 0 Å². The summed E-state index contributed by atoms with van der Waals surface area (Å²) in [5.41, 5.74) is 5.32. The molecule has 8 nitrogen and oxygen atoms in total. The first-order valence-electron chi connectivity index (χ1n) is 10.0. The predicted octanol–water partition coefficient (Wildman–Crippen LogP) is 5.85. The Bertz CT molecular complexity index is 1300. The molecule has 0 aliphatic rings. The van der Waals surface area contributed by atoms with Crippen LogP contribution >= 0.6 is 23.4 Å². The SMILES string of the molecule is Cc1cc(Nc2nc(Nc3ccc(-c4ccc(C(=O)N(C)Cl)cc4)cc3C)ncc2Cl)n[nH]1. The van der Waals surface area contributed by atoms with Crippen LogP contribution in [0.4, 0.5) is 23.3 Å². The summed E-state index contributed by atoms with van der Waals surface area (Å²) < 4.78 is 1.04. The fourth-order valence-electron chi connectivity index (χ4n) is 3.21. The lowest BCUT2D eigenvalue weighted by atomic mass is 10.0. The molecule has 0 atom stereocenters. The Balaban J connectivity index is 1.52. The number of anilines is 4. The number of halogens is 2. The lowest BCUT2D eigenvalue weighted by Crippen LogP contribution is -2.15. The molecule has 0 aliphatic carbocycles. The van der Waals surface area contributed by atoms with Crippen LogP contribution in [0.5, 0.6) is 0 Å². The maximum atomic E-state index is 12.0. The largest absolute Gasteiger partial charge is 0.324 e. The van der Waals surface area contributed by atoms with E-state index in [-0.39, 0.29) is 5.91 Å². The molecule has 0 saturated heterocycles. The highest BCUT2D eigenvalue weighted by Gasteiger charge is 2.11. The van der Waals surface area contributed by atoms with Crippen molar-refractivity contribution in [1.29, 1.82) is 0 Å². The standard InChI is InChI=1S/C23H21Cl2N7O/c1-13-10-17(15-4-6-16(7-5-15)22(33)32(3)25)8-9-19(13)27-23-26-12-18(24)21(29-23)28-20-11-14(2)30-31-20/h4-12H,1-3H3,(H3,26,27,28,29,30,31). The van der Waals surface area contributed by atoms with Gasteiger partial charge in [0.05, 0.1) is 6.20 Å². The zero-order valence-electron chi connectivity index (χ0n) is 18.1. The van der Waals surface area contributed by atoms with Gasteiger partial charge in [-0.15, -0.1) is 0 Å². The van der Waals surface area contributed by atoms with Crippen molar-refractivity contribution in [2.24, 2.45) is 0 Å². The topological polar surface area (TPSA) is 98.8 Å². The van der Waals surface area contributed by atoms with E-state index in [1.54, 1.807) is 12.1 Å². The molecular weight excluding hydrogens is 461 g/mol. The molecule has 168 valence electrons. The Morgan fingerprint density at radius 1 is 1.03 bits per heavy atom. The molecule has 1 amide bonds. The number of H-pyrrole nitrogens is 1. The molecule has 0 fully saturated rings. The number of carbonyl (C=O) groups excluding carboxylic acids is 1. The van der Waals surface area contributed by atoms with Gasteiger partial charge in [-0.2, -0.15) is 10.1 Å². The van der Waals surface area contributed by atoms with Crippen LogP contribution in [0.2, 0.25) is 5.02 Å². The first-order valence-corrected chi connectivity index (χ1v) is 10.8. The second-order valence-corrected chi connectivity index (χ2v) is 8.38. The summed E-state index contributed by atoms with van der Waals surface area (Å²) in [5.74, 6) is 1.22. The first kappa shape index (κ1) is 22.6. The molecule has 33 heavy (non-hydrogen) atoms. The zero-order valence-corrected chi connectivity index (χ0v) is 19.7. The molecule has 2 aromatic carbocycles. The minimum atomic E-state index is -0.252. The molecule has 0 saturated carbocycles. The molecule has 10 heteroatoms. The second-order valence-electron chi connectivity index (χ2n) is 7.47. The molecule has 4 rings (SSSR count). The third-order valence-corrected chi connectivity index (χ3v) is 5.34. The van der Waals surface area contributed by atoms with Crippen molar-refractivity contribution >= 4 is 52.6 Å². The van der Waals surface area contributed by atoms with E-state index in [1.807, 2.05) is 44.2 Å². The Morgan fingerprint density at radius 3 is 2.39 bits per heavy atom. The average molecular weight is 482 g/mol. The maximum absolute atomic E-state index is 12.0. The van der Waals surface area contributed by atoms with Crippen LogP contribution in [0.15, 0.2) is 54.7 Å². The minimum absolute atomic E-state index is 0.252. The van der Waals surface area contributed by atoms with Gasteiger partial charge in [0.25, 0.3) is 5.91 Å². The zero-order chi connectivity index (χ0) is 23.5. The van der Waals surface area contributed by atoms with Crippen LogP contribution in [0.3, 0.4) is 0 Å². The van der Waals surface area contributed by atoms with Crippen molar-refractivity contribution < 1.29 is 4.79 Å². The number of aryl methyl sites for hydroxylation is 2. The third kappa shape index (κ3) is 5.24. The number of benzene rings is 2. The first-order chi connectivity index (χ1) is 15.8. The summed E-state index contributed by atoms with van der Waals surface area (Å²) in [4.78, 5) is 20.7. The van der Waals surface area contributed by atoms with E-state index in [9.17, 15) is 4.79 Å². The van der Waals surface area contributed by atoms with E-state index in [0.29, 0.717) is 28.2 Å². The van der Waals surface area contributed by atoms with Gasteiger partial charge < -0.3 is 10.6 Å². The van der Waals surface area contributed by atoms with E-state index in [0.717, 1.165) is 32.5 Å². The minimum Gasteiger partial charge on any atom is -0.324 e. The fraction of sp³-hybridized carbons (Fsp3) is 0.130. The summed E-state index contributed by atoms with van der Waals surface area (Å²) in [6, 6.07) is 15.2. The number of aromatic amines is 1. The van der Waals surface area contributed by atoms with Gasteiger partial charge in [-0.05, 0) is 54.8 Å². The smallest absolute Gasteiger partial charge is 0.267 e. The molecule has 2 aromatic heterocycles. The quantitative estimate of drug-likeness (QED) is 0.298. The number of aromatic nitrogens is 4. The van der Waals surface area contributed by atoms with Gasteiger partial charge >= 0.3 is 0 Å². The van der Waals surface area contributed by atoms with Crippen molar-refractivity contribution in [2.45, 2.75) is 13.8 Å². The number of amides is 1. The highest BCUT2D eigenvalue weighted by atomic mass is 35.5. The van der Waals surface area contributed by atoms with Gasteiger partial charge in [0, 0.05) is 41.8 Å². The number of carbonyl (C=O) groups is 1. The molecule has 0 unspecified atom stereocenters. The van der Waals surface area contributed by atoms with Crippen LogP contribution in [0.25, 0.3) is 11.1 Å². The van der Waals surface area contributed by atoms with Crippen LogP contribution in [0, 0.1) is 13.8 Å². The van der Waals surface area contributed by atoms with E-state index < -0.39 is 0 Å². The summed E-state index contributed by atoms with van der Waals surface area (Å²) in [6.45, 7) is 3.90. The van der Waals surface area contributed by atoms with Crippen LogP contribution < -0.4 is 10.6 Å². The Morgan fingerprint density at radius 2 is 1.76 bits per heavy atom. The molecule has 0 aliphatic heterocycles. The molecule has 0 spiro atoms. The van der Waals surface area contributed by atoms with Gasteiger partial charge in [0.2, 0.25) is 5.95 Å².